The Hall–Kier alpha value is -2.95. The molecule has 3 rings (SSSR count). The number of benzene rings is 2. The summed E-state index contributed by atoms with van der Waals surface area (Å²) in [5, 5.41) is 3.63. The zero-order chi connectivity index (χ0) is 15.7. The predicted molar refractivity (Wildman–Crippen MR) is 83.7 cm³/mol. The highest BCUT2D eigenvalue weighted by Gasteiger charge is 2.12. The highest BCUT2D eigenvalue weighted by molar-refractivity contribution is 6.04. The van der Waals surface area contributed by atoms with E-state index >= 15 is 0 Å². The molecule has 5 heteroatoms. The Labute approximate surface area is 125 Å². The number of carbonyl (C=O) groups excluding carboxylic acids is 1. The van der Waals surface area contributed by atoms with Crippen LogP contribution in [0.25, 0.3) is 10.8 Å². The Balaban J connectivity index is 1.99. The van der Waals surface area contributed by atoms with E-state index < -0.39 is 11.7 Å². The van der Waals surface area contributed by atoms with E-state index in [9.17, 15) is 14.0 Å². The second kappa shape index (κ2) is 5.44. The molecule has 0 bridgehead atoms. The average Bonchev–Trinajstić information content (AvgIpc) is 2.51. The van der Waals surface area contributed by atoms with Gasteiger partial charge >= 0.3 is 0 Å². The van der Waals surface area contributed by atoms with E-state index in [4.69, 9.17) is 0 Å². The van der Waals surface area contributed by atoms with Crippen LogP contribution in [0.1, 0.15) is 16.1 Å². The van der Waals surface area contributed by atoms with Crippen LogP contribution in [-0.2, 0) is 0 Å². The van der Waals surface area contributed by atoms with Gasteiger partial charge in [-0.05, 0) is 42.1 Å². The normalized spacial score (nSPS) is 10.6. The van der Waals surface area contributed by atoms with Gasteiger partial charge in [-0.3, -0.25) is 9.59 Å². The number of amides is 1. The van der Waals surface area contributed by atoms with E-state index in [1.807, 2.05) is 0 Å². The van der Waals surface area contributed by atoms with Gasteiger partial charge in [-0.15, -0.1) is 0 Å². The minimum atomic E-state index is -0.563. The lowest BCUT2D eigenvalue weighted by molar-refractivity contribution is 0.102. The second-order valence-electron chi connectivity index (χ2n) is 5.04. The van der Waals surface area contributed by atoms with Gasteiger partial charge in [0.25, 0.3) is 11.5 Å². The highest BCUT2D eigenvalue weighted by Crippen LogP contribution is 2.17. The molecule has 0 spiro atoms. The molecule has 0 saturated carbocycles. The third kappa shape index (κ3) is 2.61. The SMILES string of the molecule is Cc1ccc(F)c(NC(=O)c2cc3ccccc3c(=O)[nH]2)c1. The minimum Gasteiger partial charge on any atom is -0.318 e. The van der Waals surface area contributed by atoms with Crippen molar-refractivity contribution in [3.63, 3.8) is 0 Å². The van der Waals surface area contributed by atoms with Gasteiger partial charge in [-0.2, -0.15) is 0 Å². The lowest BCUT2D eigenvalue weighted by atomic mass is 10.1. The summed E-state index contributed by atoms with van der Waals surface area (Å²) in [5.74, 6) is -1.09. The van der Waals surface area contributed by atoms with Crippen LogP contribution in [-0.4, -0.2) is 10.9 Å². The number of rotatable bonds is 2. The lowest BCUT2D eigenvalue weighted by Gasteiger charge is -2.08. The largest absolute Gasteiger partial charge is 0.318 e. The molecule has 1 aromatic heterocycles. The molecule has 0 fully saturated rings. The Morgan fingerprint density at radius 1 is 1.14 bits per heavy atom. The van der Waals surface area contributed by atoms with Crippen molar-refractivity contribution in [3.05, 3.63) is 76.0 Å². The van der Waals surface area contributed by atoms with Crippen LogP contribution in [0.3, 0.4) is 0 Å². The second-order valence-corrected chi connectivity index (χ2v) is 5.04. The summed E-state index contributed by atoms with van der Waals surface area (Å²) in [6.45, 7) is 1.80. The number of pyridine rings is 1. The fraction of sp³-hybridized carbons (Fsp3) is 0.0588. The summed E-state index contributed by atoms with van der Waals surface area (Å²) in [4.78, 5) is 26.7. The Morgan fingerprint density at radius 2 is 1.91 bits per heavy atom. The molecule has 0 atom stereocenters. The number of fused-ring (bicyclic) bond motifs is 1. The third-order valence-corrected chi connectivity index (χ3v) is 3.37. The number of H-pyrrole nitrogens is 1. The average molecular weight is 296 g/mol. The van der Waals surface area contributed by atoms with Crippen LogP contribution in [0.4, 0.5) is 10.1 Å². The van der Waals surface area contributed by atoms with Gasteiger partial charge in [-0.1, -0.05) is 24.3 Å². The van der Waals surface area contributed by atoms with Crippen LogP contribution < -0.4 is 10.9 Å². The molecule has 0 aliphatic rings. The van der Waals surface area contributed by atoms with Crippen LogP contribution in [0.2, 0.25) is 0 Å². The molecule has 0 aliphatic carbocycles. The first kappa shape index (κ1) is 14.0. The fourth-order valence-corrected chi connectivity index (χ4v) is 2.26. The van der Waals surface area contributed by atoms with Gasteiger partial charge in [-0.25, -0.2) is 4.39 Å². The van der Waals surface area contributed by atoms with Crippen molar-refractivity contribution in [2.24, 2.45) is 0 Å². The summed E-state index contributed by atoms with van der Waals surface area (Å²) in [7, 11) is 0. The minimum absolute atomic E-state index is 0.0824. The van der Waals surface area contributed by atoms with Crippen molar-refractivity contribution in [2.75, 3.05) is 5.32 Å². The number of hydrogen-bond donors (Lipinski definition) is 2. The van der Waals surface area contributed by atoms with Crippen LogP contribution in [0, 0.1) is 12.7 Å². The van der Waals surface area contributed by atoms with Crippen molar-refractivity contribution in [1.82, 2.24) is 4.98 Å². The number of aromatic amines is 1. The molecule has 0 aliphatic heterocycles. The number of aryl methyl sites for hydroxylation is 1. The molecule has 1 amide bonds. The van der Waals surface area contributed by atoms with Gasteiger partial charge < -0.3 is 10.3 Å². The molecule has 0 unspecified atom stereocenters. The third-order valence-electron chi connectivity index (χ3n) is 3.37. The molecular formula is C17H13FN2O2. The van der Waals surface area contributed by atoms with E-state index in [1.54, 1.807) is 43.3 Å². The maximum Gasteiger partial charge on any atom is 0.272 e. The number of hydrogen-bond acceptors (Lipinski definition) is 2. The van der Waals surface area contributed by atoms with Crippen LogP contribution >= 0.6 is 0 Å². The summed E-state index contributed by atoms with van der Waals surface area (Å²) in [6, 6.07) is 13.0. The van der Waals surface area contributed by atoms with Gasteiger partial charge in [0.05, 0.1) is 5.69 Å². The van der Waals surface area contributed by atoms with E-state index in [1.165, 1.54) is 12.1 Å². The number of aromatic nitrogens is 1. The van der Waals surface area contributed by atoms with Crippen molar-refractivity contribution in [1.29, 1.82) is 0 Å². The molecular weight excluding hydrogens is 283 g/mol. The summed E-state index contributed by atoms with van der Waals surface area (Å²) < 4.78 is 13.7. The van der Waals surface area contributed by atoms with E-state index in [0.29, 0.717) is 10.8 Å². The first-order valence-corrected chi connectivity index (χ1v) is 6.74. The van der Waals surface area contributed by atoms with E-state index in [0.717, 1.165) is 5.56 Å². The first-order chi connectivity index (χ1) is 10.5. The van der Waals surface area contributed by atoms with Crippen molar-refractivity contribution < 1.29 is 9.18 Å². The van der Waals surface area contributed by atoms with Gasteiger partial charge in [0.1, 0.15) is 11.5 Å². The number of nitrogens with one attached hydrogen (secondary N) is 2. The molecule has 110 valence electrons. The molecule has 0 saturated heterocycles. The van der Waals surface area contributed by atoms with Gasteiger partial charge in [0.2, 0.25) is 0 Å². The number of carbonyl (C=O) groups is 1. The fourth-order valence-electron chi connectivity index (χ4n) is 2.26. The number of anilines is 1. The van der Waals surface area contributed by atoms with Crippen molar-refractivity contribution >= 4 is 22.4 Å². The maximum atomic E-state index is 13.7. The quantitative estimate of drug-likeness (QED) is 0.762. The monoisotopic (exact) mass is 296 g/mol. The first-order valence-electron chi connectivity index (χ1n) is 6.74. The summed E-state index contributed by atoms with van der Waals surface area (Å²) in [6.07, 6.45) is 0. The zero-order valence-corrected chi connectivity index (χ0v) is 11.8. The Bertz CT molecular complexity index is 931. The van der Waals surface area contributed by atoms with Gasteiger partial charge in [0.15, 0.2) is 0 Å². The zero-order valence-electron chi connectivity index (χ0n) is 11.8. The maximum absolute atomic E-state index is 13.7. The Morgan fingerprint density at radius 3 is 2.73 bits per heavy atom. The van der Waals surface area contributed by atoms with Crippen LogP contribution in [0.5, 0.6) is 0 Å². The van der Waals surface area contributed by atoms with E-state index in [2.05, 4.69) is 10.3 Å². The Kier molecular flexibility index (Phi) is 3.47. The van der Waals surface area contributed by atoms with Crippen LogP contribution in [0.15, 0.2) is 53.3 Å². The topological polar surface area (TPSA) is 62.0 Å². The standard InChI is InChI=1S/C17H13FN2O2/c1-10-6-7-13(18)14(8-10)19-17(22)15-9-11-4-2-3-5-12(11)16(21)20-15/h2-9H,1H3,(H,19,22)(H,20,21). The van der Waals surface area contributed by atoms with Gasteiger partial charge in [0, 0.05) is 5.39 Å². The summed E-state index contributed by atoms with van der Waals surface area (Å²) in [5.41, 5.74) is 0.639. The summed E-state index contributed by atoms with van der Waals surface area (Å²) >= 11 is 0. The van der Waals surface area contributed by atoms with Crippen molar-refractivity contribution in [2.45, 2.75) is 6.92 Å². The van der Waals surface area contributed by atoms with Crippen molar-refractivity contribution in [3.8, 4) is 0 Å². The highest BCUT2D eigenvalue weighted by atomic mass is 19.1. The smallest absolute Gasteiger partial charge is 0.272 e. The lowest BCUT2D eigenvalue weighted by Crippen LogP contribution is -2.19. The molecule has 0 radical (unpaired) electrons. The van der Waals surface area contributed by atoms with E-state index in [-0.39, 0.29) is 16.9 Å². The molecule has 4 nitrogen and oxygen atoms in total. The molecule has 1 heterocycles. The molecule has 2 aromatic carbocycles. The molecule has 22 heavy (non-hydrogen) atoms. The number of halogens is 1. The predicted octanol–water partition coefficient (Wildman–Crippen LogP) is 3.23. The molecule has 3 aromatic rings. The molecule has 2 N–H and O–H groups in total.